The predicted octanol–water partition coefficient (Wildman–Crippen LogP) is 4.28. The van der Waals surface area contributed by atoms with Gasteiger partial charge in [-0.2, -0.15) is 0 Å². The Morgan fingerprint density at radius 2 is 1.96 bits per heavy atom. The summed E-state index contributed by atoms with van der Waals surface area (Å²) in [5.41, 5.74) is 1.66. The fourth-order valence-corrected chi connectivity index (χ4v) is 2.60. The fourth-order valence-electron chi connectivity index (χ4n) is 2.39. The second-order valence-corrected chi connectivity index (χ2v) is 6.47. The highest BCUT2D eigenvalue weighted by molar-refractivity contribution is 6.30. The van der Waals surface area contributed by atoms with E-state index in [1.165, 1.54) is 12.8 Å². The lowest BCUT2D eigenvalue weighted by molar-refractivity contribution is -0.115. The van der Waals surface area contributed by atoms with Gasteiger partial charge in [0.25, 0.3) is 0 Å². The number of rotatable bonds is 8. The molecule has 134 valence electrons. The minimum atomic E-state index is -0.0607. The van der Waals surface area contributed by atoms with Gasteiger partial charge in [-0.3, -0.25) is 4.79 Å². The highest BCUT2D eigenvalue weighted by Gasteiger charge is 2.20. The van der Waals surface area contributed by atoms with Gasteiger partial charge >= 0.3 is 0 Å². The third-order valence-corrected chi connectivity index (χ3v) is 4.10. The van der Waals surface area contributed by atoms with Gasteiger partial charge in [0.1, 0.15) is 12.4 Å². The largest absolute Gasteiger partial charge is 0.487 e. The standard InChI is InChI=1S/C19H21ClN2O2.ClH/c20-16-5-3-4-15(10-16)13-24-18-7-2-1-6-17(18)22-19(23)12-21-11-14-8-9-14;/h1-7,10,14,21H,8-9,11-13H2,(H,22,23);1H. The molecule has 2 aromatic rings. The van der Waals surface area contributed by atoms with E-state index in [1.807, 2.05) is 48.5 Å². The lowest BCUT2D eigenvalue weighted by Gasteiger charge is -2.13. The summed E-state index contributed by atoms with van der Waals surface area (Å²) >= 11 is 5.98. The molecule has 0 aromatic heterocycles. The molecule has 0 radical (unpaired) electrons. The minimum Gasteiger partial charge on any atom is -0.487 e. The Morgan fingerprint density at radius 3 is 2.72 bits per heavy atom. The third-order valence-electron chi connectivity index (χ3n) is 3.86. The Hall–Kier alpha value is -1.75. The number of hydrogen-bond donors (Lipinski definition) is 2. The molecule has 0 heterocycles. The Balaban J connectivity index is 0.00000225. The molecule has 1 saturated carbocycles. The lowest BCUT2D eigenvalue weighted by atomic mass is 10.2. The maximum Gasteiger partial charge on any atom is 0.238 e. The molecule has 0 spiro atoms. The first-order valence-electron chi connectivity index (χ1n) is 8.17. The van der Waals surface area contributed by atoms with E-state index in [-0.39, 0.29) is 18.3 Å². The first-order chi connectivity index (χ1) is 11.7. The highest BCUT2D eigenvalue weighted by atomic mass is 35.5. The first-order valence-corrected chi connectivity index (χ1v) is 8.55. The van der Waals surface area contributed by atoms with Crippen LogP contribution in [0.5, 0.6) is 5.75 Å². The zero-order valence-corrected chi connectivity index (χ0v) is 15.4. The van der Waals surface area contributed by atoms with Crippen LogP contribution in [0.1, 0.15) is 18.4 Å². The van der Waals surface area contributed by atoms with E-state index < -0.39 is 0 Å². The first kappa shape index (κ1) is 19.6. The van der Waals surface area contributed by atoms with Gasteiger partial charge in [-0.05, 0) is 55.1 Å². The monoisotopic (exact) mass is 380 g/mol. The average molecular weight is 381 g/mol. The van der Waals surface area contributed by atoms with E-state index in [4.69, 9.17) is 16.3 Å². The van der Waals surface area contributed by atoms with Crippen LogP contribution in [-0.4, -0.2) is 19.0 Å². The number of amides is 1. The highest BCUT2D eigenvalue weighted by Crippen LogP contribution is 2.27. The summed E-state index contributed by atoms with van der Waals surface area (Å²) in [6.07, 6.45) is 2.55. The summed E-state index contributed by atoms with van der Waals surface area (Å²) in [7, 11) is 0. The van der Waals surface area contributed by atoms with Gasteiger partial charge in [0.2, 0.25) is 5.91 Å². The molecule has 0 atom stereocenters. The van der Waals surface area contributed by atoms with Crippen molar-refractivity contribution in [3.05, 3.63) is 59.1 Å². The normalized spacial score (nSPS) is 13.0. The van der Waals surface area contributed by atoms with Gasteiger partial charge in [-0.25, -0.2) is 0 Å². The number of carbonyl (C=O) groups is 1. The molecule has 0 saturated heterocycles. The average Bonchev–Trinajstić information content (AvgIpc) is 3.38. The molecule has 1 amide bonds. The van der Waals surface area contributed by atoms with Crippen molar-refractivity contribution in [2.24, 2.45) is 5.92 Å². The SMILES string of the molecule is Cl.O=C(CNCC1CC1)Nc1ccccc1OCc1cccc(Cl)c1. The van der Waals surface area contributed by atoms with Gasteiger partial charge in [0.05, 0.1) is 12.2 Å². The van der Waals surface area contributed by atoms with Crippen LogP contribution in [0.15, 0.2) is 48.5 Å². The number of para-hydroxylation sites is 2. The van der Waals surface area contributed by atoms with Crippen molar-refractivity contribution in [3.63, 3.8) is 0 Å². The van der Waals surface area contributed by atoms with E-state index in [2.05, 4.69) is 10.6 Å². The fraction of sp³-hybridized carbons (Fsp3) is 0.316. The Bertz CT molecular complexity index is 705. The van der Waals surface area contributed by atoms with E-state index >= 15 is 0 Å². The molecule has 4 nitrogen and oxygen atoms in total. The van der Waals surface area contributed by atoms with Crippen molar-refractivity contribution in [2.45, 2.75) is 19.4 Å². The zero-order chi connectivity index (χ0) is 16.8. The van der Waals surface area contributed by atoms with Gasteiger partial charge < -0.3 is 15.4 Å². The van der Waals surface area contributed by atoms with Crippen molar-refractivity contribution in [3.8, 4) is 5.75 Å². The van der Waals surface area contributed by atoms with Gasteiger partial charge in [0.15, 0.2) is 0 Å². The molecular formula is C19H22Cl2N2O2. The van der Waals surface area contributed by atoms with E-state index in [0.29, 0.717) is 29.6 Å². The van der Waals surface area contributed by atoms with Crippen molar-refractivity contribution in [2.75, 3.05) is 18.4 Å². The molecule has 25 heavy (non-hydrogen) atoms. The maximum absolute atomic E-state index is 12.0. The second kappa shape index (κ2) is 9.66. The van der Waals surface area contributed by atoms with Gasteiger partial charge in [-0.15, -0.1) is 12.4 Å². The molecule has 1 aliphatic rings. The number of benzene rings is 2. The van der Waals surface area contributed by atoms with Crippen LogP contribution in [0.4, 0.5) is 5.69 Å². The minimum absolute atomic E-state index is 0. The van der Waals surface area contributed by atoms with Crippen molar-refractivity contribution < 1.29 is 9.53 Å². The predicted molar refractivity (Wildman–Crippen MR) is 104 cm³/mol. The van der Waals surface area contributed by atoms with E-state index in [0.717, 1.165) is 18.0 Å². The maximum atomic E-state index is 12.0. The van der Waals surface area contributed by atoms with Crippen molar-refractivity contribution in [1.82, 2.24) is 5.32 Å². The van der Waals surface area contributed by atoms with Crippen LogP contribution in [0.2, 0.25) is 5.02 Å². The lowest BCUT2D eigenvalue weighted by Crippen LogP contribution is -2.29. The molecule has 0 unspecified atom stereocenters. The molecule has 2 aromatic carbocycles. The number of anilines is 1. The van der Waals surface area contributed by atoms with Crippen LogP contribution in [0.25, 0.3) is 0 Å². The number of halogens is 2. The third kappa shape index (κ3) is 6.58. The van der Waals surface area contributed by atoms with Crippen LogP contribution in [0, 0.1) is 5.92 Å². The summed E-state index contributed by atoms with van der Waals surface area (Å²) in [5.74, 6) is 1.34. The number of ether oxygens (including phenoxy) is 1. The molecule has 0 bridgehead atoms. The summed E-state index contributed by atoms with van der Waals surface area (Å²) < 4.78 is 5.84. The molecule has 6 heteroatoms. The zero-order valence-electron chi connectivity index (χ0n) is 13.8. The molecule has 0 aliphatic heterocycles. The van der Waals surface area contributed by atoms with E-state index in [1.54, 1.807) is 0 Å². The summed E-state index contributed by atoms with van der Waals surface area (Å²) in [6, 6.07) is 15.0. The number of nitrogens with one attached hydrogen (secondary N) is 2. The van der Waals surface area contributed by atoms with Crippen LogP contribution >= 0.6 is 24.0 Å². The topological polar surface area (TPSA) is 50.4 Å². The summed E-state index contributed by atoms with van der Waals surface area (Å²) in [5, 5.41) is 6.76. The quantitative estimate of drug-likeness (QED) is 0.718. The van der Waals surface area contributed by atoms with Crippen molar-refractivity contribution in [1.29, 1.82) is 0 Å². The van der Waals surface area contributed by atoms with Crippen molar-refractivity contribution >= 4 is 35.6 Å². The Kier molecular flexibility index (Phi) is 7.56. The van der Waals surface area contributed by atoms with Crippen LogP contribution in [0.3, 0.4) is 0 Å². The molecule has 3 rings (SSSR count). The van der Waals surface area contributed by atoms with Gasteiger partial charge in [-0.1, -0.05) is 35.9 Å². The Labute approximate surface area is 159 Å². The van der Waals surface area contributed by atoms with Crippen LogP contribution in [-0.2, 0) is 11.4 Å². The number of carbonyl (C=O) groups excluding carboxylic acids is 1. The van der Waals surface area contributed by atoms with Crippen LogP contribution < -0.4 is 15.4 Å². The number of hydrogen-bond acceptors (Lipinski definition) is 3. The second-order valence-electron chi connectivity index (χ2n) is 6.04. The molecule has 1 fully saturated rings. The summed E-state index contributed by atoms with van der Waals surface area (Å²) in [6.45, 7) is 1.63. The Morgan fingerprint density at radius 1 is 1.16 bits per heavy atom. The smallest absolute Gasteiger partial charge is 0.238 e. The summed E-state index contributed by atoms with van der Waals surface area (Å²) in [4.78, 5) is 12.0. The molecule has 1 aliphatic carbocycles. The molecule has 2 N–H and O–H groups in total. The molecular weight excluding hydrogens is 359 g/mol. The van der Waals surface area contributed by atoms with Gasteiger partial charge in [0, 0.05) is 5.02 Å². The van der Waals surface area contributed by atoms with E-state index in [9.17, 15) is 4.79 Å².